The number of aromatic amines is 1. The fourth-order valence-electron chi connectivity index (χ4n) is 1.48. The highest BCUT2D eigenvalue weighted by atomic mass is 15.1. The van der Waals surface area contributed by atoms with Gasteiger partial charge in [-0.2, -0.15) is 5.10 Å². The minimum absolute atomic E-state index is 0.306. The molecule has 0 unspecified atom stereocenters. The molecule has 2 rings (SSSR count). The molecular formula is C14H14N2. The first-order valence-corrected chi connectivity index (χ1v) is 5.22. The monoisotopic (exact) mass is 210 g/mol. The molecule has 1 N–H and O–H groups in total. The van der Waals surface area contributed by atoms with Crippen LogP contribution in [0.5, 0.6) is 0 Å². The molecule has 1 aromatic heterocycles. The number of hydrogen-bond acceptors (Lipinski definition) is 1. The summed E-state index contributed by atoms with van der Waals surface area (Å²) >= 11 is 0. The highest BCUT2D eigenvalue weighted by Crippen LogP contribution is 2.24. The molecule has 1 heterocycles. The molecule has 0 saturated carbocycles. The zero-order chi connectivity index (χ0) is 11.6. The minimum atomic E-state index is -0.306. The summed E-state index contributed by atoms with van der Waals surface area (Å²) in [7, 11) is 0. The molecule has 0 aliphatic heterocycles. The Bertz CT molecular complexity index is 515. The van der Waals surface area contributed by atoms with Crippen LogP contribution in [0.4, 0.5) is 0 Å². The lowest BCUT2D eigenvalue weighted by Gasteiger charge is -2.13. The summed E-state index contributed by atoms with van der Waals surface area (Å²) in [6, 6.07) is 12.1. The molecule has 0 aliphatic rings. The summed E-state index contributed by atoms with van der Waals surface area (Å²) in [5.74, 6) is 2.75. The first-order chi connectivity index (χ1) is 7.63. The summed E-state index contributed by atoms with van der Waals surface area (Å²) < 4.78 is 0. The zero-order valence-electron chi connectivity index (χ0n) is 9.49. The number of nitrogens with one attached hydrogen (secondary N) is 1. The lowest BCUT2D eigenvalue weighted by Crippen LogP contribution is -2.14. The summed E-state index contributed by atoms with van der Waals surface area (Å²) in [4.78, 5) is 0. The van der Waals surface area contributed by atoms with Gasteiger partial charge < -0.3 is 0 Å². The molecule has 0 bridgehead atoms. The average molecular weight is 210 g/mol. The van der Waals surface area contributed by atoms with E-state index in [2.05, 4.69) is 16.1 Å². The van der Waals surface area contributed by atoms with Gasteiger partial charge in [0.2, 0.25) is 0 Å². The van der Waals surface area contributed by atoms with Crippen molar-refractivity contribution in [3.63, 3.8) is 0 Å². The summed E-state index contributed by atoms with van der Waals surface area (Å²) in [5, 5.41) is 7.28. The van der Waals surface area contributed by atoms with Crippen LogP contribution in [0.25, 0.3) is 11.3 Å². The average Bonchev–Trinajstić information content (AvgIpc) is 2.80. The first kappa shape index (κ1) is 10.5. The standard InChI is InChI=1S/C14H14N2/c1-4-14(2,3)13-10-12(15-16-13)11-8-6-5-7-9-11/h1,5-10H,2-3H3,(H,15,16). The molecule has 80 valence electrons. The van der Waals surface area contributed by atoms with Gasteiger partial charge in [-0.3, -0.25) is 5.10 Å². The molecule has 0 aliphatic carbocycles. The van der Waals surface area contributed by atoms with Crippen molar-refractivity contribution in [2.75, 3.05) is 0 Å². The van der Waals surface area contributed by atoms with Crippen LogP contribution in [0.2, 0.25) is 0 Å². The van der Waals surface area contributed by atoms with Crippen LogP contribution in [0.15, 0.2) is 36.4 Å². The second kappa shape index (κ2) is 3.86. The molecule has 2 heteroatoms. The Kier molecular flexibility index (Phi) is 2.54. The zero-order valence-corrected chi connectivity index (χ0v) is 9.49. The lowest BCUT2D eigenvalue weighted by atomic mass is 9.90. The maximum atomic E-state index is 5.49. The quantitative estimate of drug-likeness (QED) is 0.758. The second-order valence-electron chi connectivity index (χ2n) is 4.30. The van der Waals surface area contributed by atoms with Crippen LogP contribution in [-0.4, -0.2) is 10.2 Å². The fraction of sp³-hybridized carbons (Fsp3) is 0.214. The van der Waals surface area contributed by atoms with E-state index in [4.69, 9.17) is 6.42 Å². The Balaban J connectivity index is 2.39. The SMILES string of the molecule is C#CC(C)(C)c1cc(-c2ccccc2)n[nH]1. The maximum Gasteiger partial charge on any atom is 0.0924 e. The van der Waals surface area contributed by atoms with Crippen molar-refractivity contribution in [2.24, 2.45) is 0 Å². The lowest BCUT2D eigenvalue weighted by molar-refractivity contribution is 0.666. The van der Waals surface area contributed by atoms with E-state index in [0.717, 1.165) is 17.0 Å². The molecule has 0 radical (unpaired) electrons. The van der Waals surface area contributed by atoms with Crippen LogP contribution < -0.4 is 0 Å². The van der Waals surface area contributed by atoms with E-state index < -0.39 is 0 Å². The Morgan fingerprint density at radius 3 is 2.56 bits per heavy atom. The van der Waals surface area contributed by atoms with Gasteiger partial charge in [-0.1, -0.05) is 36.3 Å². The Labute approximate surface area is 95.7 Å². The third-order valence-corrected chi connectivity index (χ3v) is 2.68. The van der Waals surface area contributed by atoms with Crippen LogP contribution in [0, 0.1) is 12.3 Å². The topological polar surface area (TPSA) is 28.7 Å². The van der Waals surface area contributed by atoms with E-state index in [0.29, 0.717) is 0 Å². The summed E-state index contributed by atoms with van der Waals surface area (Å²) in [6.07, 6.45) is 5.49. The number of rotatable bonds is 2. The maximum absolute atomic E-state index is 5.49. The van der Waals surface area contributed by atoms with Gasteiger partial charge in [-0.25, -0.2) is 0 Å². The Hall–Kier alpha value is -2.01. The van der Waals surface area contributed by atoms with Crippen molar-refractivity contribution in [1.29, 1.82) is 0 Å². The van der Waals surface area contributed by atoms with Crippen molar-refractivity contribution in [1.82, 2.24) is 10.2 Å². The number of H-pyrrole nitrogens is 1. The van der Waals surface area contributed by atoms with Crippen molar-refractivity contribution in [3.05, 3.63) is 42.1 Å². The fourth-order valence-corrected chi connectivity index (χ4v) is 1.48. The van der Waals surface area contributed by atoms with Gasteiger partial charge in [0.15, 0.2) is 0 Å². The van der Waals surface area contributed by atoms with Crippen molar-refractivity contribution >= 4 is 0 Å². The Morgan fingerprint density at radius 1 is 1.25 bits per heavy atom. The third-order valence-electron chi connectivity index (χ3n) is 2.68. The van der Waals surface area contributed by atoms with Gasteiger partial charge in [0.25, 0.3) is 0 Å². The number of aromatic nitrogens is 2. The molecular weight excluding hydrogens is 196 g/mol. The molecule has 0 amide bonds. The number of hydrogen-bond donors (Lipinski definition) is 1. The first-order valence-electron chi connectivity index (χ1n) is 5.22. The van der Waals surface area contributed by atoms with E-state index >= 15 is 0 Å². The predicted molar refractivity (Wildman–Crippen MR) is 65.9 cm³/mol. The van der Waals surface area contributed by atoms with E-state index in [9.17, 15) is 0 Å². The molecule has 1 aromatic carbocycles. The highest BCUT2D eigenvalue weighted by molar-refractivity contribution is 5.59. The minimum Gasteiger partial charge on any atom is -0.280 e. The van der Waals surface area contributed by atoms with Crippen LogP contribution in [0.1, 0.15) is 19.5 Å². The molecule has 2 nitrogen and oxygen atoms in total. The van der Waals surface area contributed by atoms with E-state index in [1.54, 1.807) is 0 Å². The van der Waals surface area contributed by atoms with Gasteiger partial charge in [0, 0.05) is 5.56 Å². The smallest absolute Gasteiger partial charge is 0.0924 e. The number of nitrogens with zero attached hydrogens (tertiary/aromatic N) is 1. The molecule has 16 heavy (non-hydrogen) atoms. The van der Waals surface area contributed by atoms with Crippen LogP contribution in [-0.2, 0) is 5.41 Å². The van der Waals surface area contributed by atoms with Crippen molar-refractivity contribution in [2.45, 2.75) is 19.3 Å². The van der Waals surface area contributed by atoms with Gasteiger partial charge in [-0.05, 0) is 19.9 Å². The third kappa shape index (κ3) is 1.85. The largest absolute Gasteiger partial charge is 0.280 e. The molecule has 0 atom stereocenters. The van der Waals surface area contributed by atoms with E-state index in [1.807, 2.05) is 50.2 Å². The molecule has 0 saturated heterocycles. The van der Waals surface area contributed by atoms with Crippen LogP contribution >= 0.6 is 0 Å². The van der Waals surface area contributed by atoms with Crippen LogP contribution in [0.3, 0.4) is 0 Å². The number of terminal acetylenes is 1. The number of benzene rings is 1. The van der Waals surface area contributed by atoms with Crippen molar-refractivity contribution in [3.8, 4) is 23.6 Å². The molecule has 2 aromatic rings. The van der Waals surface area contributed by atoms with E-state index in [1.165, 1.54) is 0 Å². The second-order valence-corrected chi connectivity index (χ2v) is 4.30. The summed E-state index contributed by atoms with van der Waals surface area (Å²) in [6.45, 7) is 3.99. The normalized spacial score (nSPS) is 11.1. The Morgan fingerprint density at radius 2 is 1.94 bits per heavy atom. The van der Waals surface area contributed by atoms with Crippen molar-refractivity contribution < 1.29 is 0 Å². The van der Waals surface area contributed by atoms with Gasteiger partial charge in [0.1, 0.15) is 0 Å². The summed E-state index contributed by atoms with van der Waals surface area (Å²) in [5.41, 5.74) is 2.69. The highest BCUT2D eigenvalue weighted by Gasteiger charge is 2.20. The van der Waals surface area contributed by atoms with E-state index in [-0.39, 0.29) is 5.41 Å². The molecule has 0 spiro atoms. The van der Waals surface area contributed by atoms with Gasteiger partial charge in [-0.15, -0.1) is 6.42 Å². The van der Waals surface area contributed by atoms with Gasteiger partial charge >= 0.3 is 0 Å². The van der Waals surface area contributed by atoms with Gasteiger partial charge in [0.05, 0.1) is 16.8 Å². The molecule has 0 fully saturated rings. The predicted octanol–water partition coefficient (Wildman–Crippen LogP) is 2.99.